The number of carbonyl (C=O) groups excluding carboxylic acids is 2. The molecule has 1 unspecified atom stereocenters. The topological polar surface area (TPSA) is 79.9 Å². The molecule has 0 spiro atoms. The van der Waals surface area contributed by atoms with Crippen molar-refractivity contribution in [1.82, 2.24) is 15.5 Å². The minimum atomic E-state index is -0.508. The highest BCUT2D eigenvalue weighted by Crippen LogP contribution is 2.28. The number of carbonyl (C=O) groups is 2. The molecule has 0 aromatic rings. The van der Waals surface area contributed by atoms with Gasteiger partial charge in [0.1, 0.15) is 5.60 Å². The van der Waals surface area contributed by atoms with Crippen LogP contribution in [-0.2, 0) is 9.47 Å². The summed E-state index contributed by atoms with van der Waals surface area (Å²) in [6.45, 7) is 8.86. The Kier molecular flexibility index (Phi) is 8.00. The zero-order valence-corrected chi connectivity index (χ0v) is 16.5. The van der Waals surface area contributed by atoms with Crippen LogP contribution in [-0.4, -0.2) is 61.5 Å². The first-order chi connectivity index (χ1) is 12.3. The Labute approximate surface area is 157 Å². The molecule has 3 amide bonds. The Bertz CT molecular complexity index is 460. The molecule has 0 aromatic carbocycles. The summed E-state index contributed by atoms with van der Waals surface area (Å²) >= 11 is 0. The van der Waals surface area contributed by atoms with E-state index in [1.807, 2.05) is 20.8 Å². The first-order valence-corrected chi connectivity index (χ1v) is 9.94. The average molecular weight is 370 g/mol. The fourth-order valence-electron chi connectivity index (χ4n) is 2.96. The second-order valence-electron chi connectivity index (χ2n) is 8.33. The second kappa shape index (κ2) is 10.00. The van der Waals surface area contributed by atoms with E-state index < -0.39 is 5.60 Å². The van der Waals surface area contributed by atoms with Crippen molar-refractivity contribution in [3.8, 4) is 0 Å². The molecule has 1 heterocycles. The van der Waals surface area contributed by atoms with Crippen LogP contribution in [0.5, 0.6) is 0 Å². The van der Waals surface area contributed by atoms with E-state index >= 15 is 0 Å². The Morgan fingerprint density at radius 1 is 1.12 bits per heavy atom. The maximum atomic E-state index is 12.4. The van der Waals surface area contributed by atoms with Gasteiger partial charge >= 0.3 is 12.1 Å². The average Bonchev–Trinajstić information content (AvgIpc) is 3.39. The van der Waals surface area contributed by atoms with E-state index in [0.717, 1.165) is 38.2 Å². The number of amides is 3. The van der Waals surface area contributed by atoms with Gasteiger partial charge in [-0.25, -0.2) is 9.59 Å². The van der Waals surface area contributed by atoms with Crippen LogP contribution in [0.15, 0.2) is 0 Å². The van der Waals surface area contributed by atoms with E-state index in [1.165, 1.54) is 12.8 Å². The van der Waals surface area contributed by atoms with Crippen LogP contribution in [0.2, 0.25) is 0 Å². The van der Waals surface area contributed by atoms with E-state index in [0.29, 0.717) is 26.2 Å². The molecule has 1 saturated carbocycles. The maximum absolute atomic E-state index is 12.4. The zero-order chi connectivity index (χ0) is 19.0. The lowest BCUT2D eigenvalue weighted by Crippen LogP contribution is -2.52. The molecule has 1 saturated heterocycles. The van der Waals surface area contributed by atoms with Gasteiger partial charge in [-0.05, 0) is 65.2 Å². The highest BCUT2D eigenvalue weighted by atomic mass is 16.6. The molecular weight excluding hydrogens is 334 g/mol. The molecule has 26 heavy (non-hydrogen) atoms. The molecule has 2 fully saturated rings. The van der Waals surface area contributed by atoms with Crippen molar-refractivity contribution in [3.63, 3.8) is 0 Å². The zero-order valence-electron chi connectivity index (χ0n) is 16.5. The van der Waals surface area contributed by atoms with Crippen molar-refractivity contribution >= 4 is 12.1 Å². The smallest absolute Gasteiger partial charge is 0.410 e. The Morgan fingerprint density at radius 2 is 1.88 bits per heavy atom. The Balaban J connectivity index is 1.61. The van der Waals surface area contributed by atoms with Crippen LogP contribution in [0, 0.1) is 5.92 Å². The number of nitrogens with one attached hydrogen (secondary N) is 2. The predicted molar refractivity (Wildman–Crippen MR) is 100 cm³/mol. The molecule has 2 aliphatic rings. The number of piperidine rings is 1. The van der Waals surface area contributed by atoms with E-state index in [-0.39, 0.29) is 18.2 Å². The van der Waals surface area contributed by atoms with Crippen molar-refractivity contribution in [3.05, 3.63) is 0 Å². The number of urea groups is 1. The fourth-order valence-corrected chi connectivity index (χ4v) is 2.96. The highest BCUT2D eigenvalue weighted by Gasteiger charge is 2.30. The normalized spacial score (nSPS) is 20.6. The molecular formula is C19H35N3O4. The SMILES string of the molecule is CC(C)(C)OC(=O)N1CCCCC1CNC(=O)NCCCOCC1CC1. The Morgan fingerprint density at radius 3 is 2.58 bits per heavy atom. The summed E-state index contributed by atoms with van der Waals surface area (Å²) in [5.41, 5.74) is -0.508. The fraction of sp³-hybridized carbons (Fsp3) is 0.895. The largest absolute Gasteiger partial charge is 0.444 e. The third-order valence-corrected chi connectivity index (χ3v) is 4.55. The van der Waals surface area contributed by atoms with Gasteiger partial charge in [0.05, 0.1) is 6.04 Å². The van der Waals surface area contributed by atoms with E-state index in [2.05, 4.69) is 10.6 Å². The summed E-state index contributed by atoms with van der Waals surface area (Å²) in [4.78, 5) is 26.0. The van der Waals surface area contributed by atoms with Crippen LogP contribution in [0.1, 0.15) is 59.3 Å². The minimum Gasteiger partial charge on any atom is -0.444 e. The van der Waals surface area contributed by atoms with Gasteiger partial charge < -0.3 is 25.0 Å². The first kappa shape index (κ1) is 20.8. The van der Waals surface area contributed by atoms with Crippen molar-refractivity contribution in [2.45, 2.75) is 70.9 Å². The van der Waals surface area contributed by atoms with Crippen molar-refractivity contribution < 1.29 is 19.1 Å². The lowest BCUT2D eigenvalue weighted by molar-refractivity contribution is 0.0102. The summed E-state index contributed by atoms with van der Waals surface area (Å²) in [5.74, 6) is 0.773. The number of nitrogens with zero attached hydrogens (tertiary/aromatic N) is 1. The number of rotatable bonds is 8. The van der Waals surface area contributed by atoms with Gasteiger partial charge in [-0.15, -0.1) is 0 Å². The molecule has 0 radical (unpaired) electrons. The standard InChI is InChI=1S/C19H35N3O4/c1-19(2,3)26-18(24)22-11-5-4-7-16(22)13-21-17(23)20-10-6-12-25-14-15-8-9-15/h15-16H,4-14H2,1-3H3,(H2,20,21,23). The Hall–Kier alpha value is -1.50. The van der Waals surface area contributed by atoms with Crippen LogP contribution in [0.25, 0.3) is 0 Å². The third kappa shape index (κ3) is 8.25. The van der Waals surface area contributed by atoms with E-state index in [1.54, 1.807) is 4.90 Å². The summed E-state index contributed by atoms with van der Waals surface area (Å²) in [6.07, 6.45) is 6.03. The van der Waals surface area contributed by atoms with Gasteiger partial charge in [-0.1, -0.05) is 0 Å². The molecule has 0 aromatic heterocycles. The highest BCUT2D eigenvalue weighted by molar-refractivity contribution is 5.74. The van der Waals surface area contributed by atoms with Crippen LogP contribution < -0.4 is 10.6 Å². The van der Waals surface area contributed by atoms with Crippen molar-refractivity contribution in [2.75, 3.05) is 32.8 Å². The number of likely N-dealkylation sites (tertiary alicyclic amines) is 1. The lowest BCUT2D eigenvalue weighted by atomic mass is 10.0. The van der Waals surface area contributed by atoms with Crippen LogP contribution in [0.4, 0.5) is 9.59 Å². The molecule has 0 bridgehead atoms. The van der Waals surface area contributed by atoms with E-state index in [4.69, 9.17) is 9.47 Å². The number of hydrogen-bond acceptors (Lipinski definition) is 4. The van der Waals surface area contributed by atoms with Crippen molar-refractivity contribution in [1.29, 1.82) is 0 Å². The van der Waals surface area contributed by atoms with Gasteiger partial charge in [0.25, 0.3) is 0 Å². The first-order valence-electron chi connectivity index (χ1n) is 9.94. The molecule has 1 atom stereocenters. The number of hydrogen-bond donors (Lipinski definition) is 2. The molecule has 1 aliphatic carbocycles. The molecule has 2 N–H and O–H groups in total. The summed E-state index contributed by atoms with van der Waals surface area (Å²) in [5, 5.41) is 5.72. The summed E-state index contributed by atoms with van der Waals surface area (Å²) in [6, 6.07) is -0.201. The predicted octanol–water partition coefficient (Wildman–Crippen LogP) is 2.89. The van der Waals surface area contributed by atoms with Crippen molar-refractivity contribution in [2.24, 2.45) is 5.92 Å². The van der Waals surface area contributed by atoms with Gasteiger partial charge in [-0.2, -0.15) is 0 Å². The minimum absolute atomic E-state index is 0.00812. The summed E-state index contributed by atoms with van der Waals surface area (Å²) in [7, 11) is 0. The second-order valence-corrected chi connectivity index (χ2v) is 8.33. The molecule has 7 heteroatoms. The maximum Gasteiger partial charge on any atom is 0.410 e. The number of ether oxygens (including phenoxy) is 2. The monoisotopic (exact) mass is 369 g/mol. The van der Waals surface area contributed by atoms with Gasteiger partial charge in [0, 0.05) is 32.8 Å². The third-order valence-electron chi connectivity index (χ3n) is 4.55. The van der Waals surface area contributed by atoms with Gasteiger partial charge in [0.2, 0.25) is 0 Å². The molecule has 1 aliphatic heterocycles. The molecule has 7 nitrogen and oxygen atoms in total. The quantitative estimate of drug-likeness (QED) is 0.645. The lowest BCUT2D eigenvalue weighted by Gasteiger charge is -2.36. The van der Waals surface area contributed by atoms with Crippen LogP contribution in [0.3, 0.4) is 0 Å². The molecule has 150 valence electrons. The summed E-state index contributed by atoms with van der Waals surface area (Å²) < 4.78 is 11.0. The van der Waals surface area contributed by atoms with E-state index in [9.17, 15) is 9.59 Å². The van der Waals surface area contributed by atoms with Gasteiger partial charge in [0.15, 0.2) is 0 Å². The van der Waals surface area contributed by atoms with Gasteiger partial charge in [-0.3, -0.25) is 0 Å². The molecule has 2 rings (SSSR count). The van der Waals surface area contributed by atoms with Crippen LogP contribution >= 0.6 is 0 Å².